The molecule has 1 aromatic heterocycles. The fourth-order valence-electron chi connectivity index (χ4n) is 4.56. The zero-order valence-electron chi connectivity index (χ0n) is 20.2. The number of carbonyl (C=O) groups is 1. The maximum atomic E-state index is 12.4. The standard InChI is InChI=1S/C28H34N4O/c1-19-26(20(2)32(31-19)25-15-12-23(13-16-25)28(3,4)5)22-11-14-24(17-22)30-27(33)29-18-21-9-7-6-8-10-21/h6-16,22,24H,17-18H2,1-5H3,(H2,29,30,33). The molecule has 33 heavy (non-hydrogen) atoms. The lowest BCUT2D eigenvalue weighted by atomic mass is 9.87. The number of nitrogens with one attached hydrogen (secondary N) is 2. The van der Waals surface area contributed by atoms with Crippen LogP contribution in [0, 0.1) is 13.8 Å². The van der Waals surface area contributed by atoms with Crippen LogP contribution in [0.25, 0.3) is 5.69 Å². The molecule has 3 aromatic rings. The summed E-state index contributed by atoms with van der Waals surface area (Å²) in [7, 11) is 0. The van der Waals surface area contributed by atoms with E-state index in [0.29, 0.717) is 6.54 Å². The monoisotopic (exact) mass is 442 g/mol. The van der Waals surface area contributed by atoms with Gasteiger partial charge in [0.05, 0.1) is 11.4 Å². The Morgan fingerprint density at radius 2 is 1.73 bits per heavy atom. The summed E-state index contributed by atoms with van der Waals surface area (Å²) < 4.78 is 2.04. The van der Waals surface area contributed by atoms with Gasteiger partial charge in [0.2, 0.25) is 0 Å². The minimum Gasteiger partial charge on any atom is -0.334 e. The second-order valence-corrected chi connectivity index (χ2v) is 9.94. The van der Waals surface area contributed by atoms with E-state index >= 15 is 0 Å². The predicted octanol–water partition coefficient (Wildman–Crippen LogP) is 5.70. The molecule has 0 bridgehead atoms. The van der Waals surface area contributed by atoms with Gasteiger partial charge >= 0.3 is 6.03 Å². The van der Waals surface area contributed by atoms with Crippen LogP contribution in [0.3, 0.4) is 0 Å². The van der Waals surface area contributed by atoms with E-state index in [1.54, 1.807) is 0 Å². The lowest BCUT2D eigenvalue weighted by Crippen LogP contribution is -2.40. The Bertz CT molecular complexity index is 1140. The van der Waals surface area contributed by atoms with Crippen LogP contribution in [0.4, 0.5) is 4.79 Å². The van der Waals surface area contributed by atoms with Gasteiger partial charge in [-0.05, 0) is 48.9 Å². The van der Waals surface area contributed by atoms with Gasteiger partial charge in [-0.15, -0.1) is 0 Å². The molecule has 0 radical (unpaired) electrons. The van der Waals surface area contributed by atoms with Gasteiger partial charge in [0.15, 0.2) is 0 Å². The fraction of sp³-hybridized carbons (Fsp3) is 0.357. The number of hydrogen-bond acceptors (Lipinski definition) is 2. The van der Waals surface area contributed by atoms with E-state index in [1.807, 2.05) is 35.0 Å². The second kappa shape index (κ2) is 9.26. The minimum atomic E-state index is -0.141. The molecule has 172 valence electrons. The first-order valence-electron chi connectivity index (χ1n) is 11.7. The highest BCUT2D eigenvalue weighted by Crippen LogP contribution is 2.34. The first kappa shape index (κ1) is 22.8. The van der Waals surface area contributed by atoms with E-state index in [-0.39, 0.29) is 23.4 Å². The normalized spacial score (nSPS) is 17.8. The summed E-state index contributed by atoms with van der Waals surface area (Å²) in [5.74, 6) is 0.243. The predicted molar refractivity (Wildman–Crippen MR) is 134 cm³/mol. The number of allylic oxidation sites excluding steroid dienone is 1. The summed E-state index contributed by atoms with van der Waals surface area (Å²) in [6.45, 7) is 11.4. The Hall–Kier alpha value is -3.34. The molecular weight excluding hydrogens is 408 g/mol. The molecule has 2 aromatic carbocycles. The van der Waals surface area contributed by atoms with Crippen molar-refractivity contribution in [3.05, 3.63) is 94.8 Å². The Labute approximate surface area is 196 Å². The molecule has 4 rings (SSSR count). The lowest BCUT2D eigenvalue weighted by Gasteiger charge is -2.19. The van der Waals surface area contributed by atoms with Gasteiger partial charge in [-0.3, -0.25) is 0 Å². The van der Waals surface area contributed by atoms with Crippen LogP contribution in [-0.2, 0) is 12.0 Å². The van der Waals surface area contributed by atoms with Crippen molar-refractivity contribution in [2.24, 2.45) is 0 Å². The molecule has 0 fully saturated rings. The Kier molecular flexibility index (Phi) is 6.41. The van der Waals surface area contributed by atoms with Crippen LogP contribution >= 0.6 is 0 Å². The number of carbonyl (C=O) groups excluding carboxylic acids is 1. The molecule has 0 saturated carbocycles. The van der Waals surface area contributed by atoms with Crippen LogP contribution in [0.2, 0.25) is 0 Å². The zero-order valence-corrected chi connectivity index (χ0v) is 20.2. The summed E-state index contributed by atoms with van der Waals surface area (Å²) >= 11 is 0. The van der Waals surface area contributed by atoms with Crippen molar-refractivity contribution in [2.75, 3.05) is 0 Å². The number of rotatable bonds is 5. The third-order valence-electron chi connectivity index (χ3n) is 6.39. The Morgan fingerprint density at radius 3 is 2.39 bits per heavy atom. The molecule has 2 atom stereocenters. The van der Waals surface area contributed by atoms with E-state index in [9.17, 15) is 4.79 Å². The highest BCUT2D eigenvalue weighted by molar-refractivity contribution is 5.74. The Morgan fingerprint density at radius 1 is 1.03 bits per heavy atom. The van der Waals surface area contributed by atoms with E-state index in [1.165, 1.54) is 11.1 Å². The van der Waals surface area contributed by atoms with Gasteiger partial charge in [0.1, 0.15) is 0 Å². The fourth-order valence-corrected chi connectivity index (χ4v) is 4.56. The van der Waals surface area contributed by atoms with Crippen molar-refractivity contribution < 1.29 is 4.79 Å². The van der Waals surface area contributed by atoms with Gasteiger partial charge in [-0.25, -0.2) is 9.48 Å². The van der Waals surface area contributed by atoms with E-state index in [2.05, 4.69) is 81.7 Å². The van der Waals surface area contributed by atoms with Crippen molar-refractivity contribution in [3.63, 3.8) is 0 Å². The molecule has 2 amide bonds. The number of amides is 2. The SMILES string of the molecule is Cc1nn(-c2ccc(C(C)(C)C)cc2)c(C)c1C1C=CC(NC(=O)NCc2ccccc2)C1. The van der Waals surface area contributed by atoms with Crippen LogP contribution in [0.1, 0.15) is 61.2 Å². The smallest absolute Gasteiger partial charge is 0.315 e. The van der Waals surface area contributed by atoms with E-state index in [0.717, 1.165) is 29.1 Å². The number of nitrogens with zero attached hydrogens (tertiary/aromatic N) is 2. The molecule has 2 unspecified atom stereocenters. The number of urea groups is 1. The zero-order chi connectivity index (χ0) is 23.6. The molecule has 5 nitrogen and oxygen atoms in total. The van der Waals surface area contributed by atoms with Gasteiger partial charge in [0.25, 0.3) is 0 Å². The van der Waals surface area contributed by atoms with Gasteiger partial charge in [-0.2, -0.15) is 5.10 Å². The molecule has 2 N–H and O–H groups in total. The Balaban J connectivity index is 1.41. The van der Waals surface area contributed by atoms with Crippen molar-refractivity contribution in [2.45, 2.75) is 65.0 Å². The highest BCUT2D eigenvalue weighted by atomic mass is 16.2. The molecule has 1 aliphatic rings. The third kappa shape index (κ3) is 5.19. The van der Waals surface area contributed by atoms with E-state index < -0.39 is 0 Å². The molecule has 0 spiro atoms. The number of hydrogen-bond donors (Lipinski definition) is 2. The largest absolute Gasteiger partial charge is 0.334 e. The average Bonchev–Trinajstić information content (AvgIpc) is 3.35. The van der Waals surface area contributed by atoms with Gasteiger partial charge < -0.3 is 10.6 Å². The van der Waals surface area contributed by atoms with E-state index in [4.69, 9.17) is 5.10 Å². The maximum absolute atomic E-state index is 12.4. The summed E-state index contributed by atoms with van der Waals surface area (Å²) in [6, 6.07) is 18.5. The van der Waals surface area contributed by atoms with Crippen LogP contribution in [-0.4, -0.2) is 21.9 Å². The summed E-state index contributed by atoms with van der Waals surface area (Å²) in [5, 5.41) is 10.9. The minimum absolute atomic E-state index is 0.0130. The molecule has 1 heterocycles. The molecule has 0 aliphatic heterocycles. The lowest BCUT2D eigenvalue weighted by molar-refractivity contribution is 0.238. The number of benzene rings is 2. The van der Waals surface area contributed by atoms with Crippen molar-refractivity contribution in [1.29, 1.82) is 0 Å². The third-order valence-corrected chi connectivity index (χ3v) is 6.39. The average molecular weight is 443 g/mol. The van der Waals surface area contributed by atoms with Crippen molar-refractivity contribution >= 4 is 6.03 Å². The first-order valence-corrected chi connectivity index (χ1v) is 11.7. The number of aromatic nitrogens is 2. The van der Waals surface area contributed by atoms with Gasteiger partial charge in [-0.1, -0.05) is 75.4 Å². The molecule has 0 saturated heterocycles. The maximum Gasteiger partial charge on any atom is 0.315 e. The number of aryl methyl sites for hydroxylation is 1. The summed E-state index contributed by atoms with van der Waals surface area (Å²) in [6.07, 6.45) is 5.14. The topological polar surface area (TPSA) is 59.0 Å². The second-order valence-electron chi connectivity index (χ2n) is 9.94. The van der Waals surface area contributed by atoms with Crippen molar-refractivity contribution in [3.8, 4) is 5.69 Å². The van der Waals surface area contributed by atoms with Crippen molar-refractivity contribution in [1.82, 2.24) is 20.4 Å². The highest BCUT2D eigenvalue weighted by Gasteiger charge is 2.27. The quantitative estimate of drug-likeness (QED) is 0.498. The summed E-state index contributed by atoms with van der Waals surface area (Å²) in [5.41, 5.74) is 7.04. The first-order chi connectivity index (χ1) is 15.7. The van der Waals surface area contributed by atoms with Crippen LogP contribution in [0.5, 0.6) is 0 Å². The molecular formula is C28H34N4O. The molecule has 5 heteroatoms. The summed E-state index contributed by atoms with van der Waals surface area (Å²) in [4.78, 5) is 12.4. The van der Waals surface area contributed by atoms with Crippen LogP contribution < -0.4 is 10.6 Å². The molecule has 1 aliphatic carbocycles. The van der Waals surface area contributed by atoms with Crippen LogP contribution in [0.15, 0.2) is 66.7 Å². The van der Waals surface area contributed by atoms with Gasteiger partial charge in [0, 0.05) is 29.8 Å².